The first-order chi connectivity index (χ1) is 11.3. The van der Waals surface area contributed by atoms with Gasteiger partial charge in [0.25, 0.3) is 5.95 Å². The summed E-state index contributed by atoms with van der Waals surface area (Å²) in [5, 5.41) is 0.441. The molecule has 23 heavy (non-hydrogen) atoms. The standard InChI is InChI=1S/C19H18O4/c1-3-21-14-11-8-12-15-17(14)18(20)16(19(23-15)22-4-2)13-9-6-5-7-10-13/h5-12H,3-4H2,1-2H3. The Kier molecular flexibility index (Phi) is 4.33. The van der Waals surface area contributed by atoms with Gasteiger partial charge >= 0.3 is 0 Å². The van der Waals surface area contributed by atoms with E-state index in [0.29, 0.717) is 35.5 Å². The molecular formula is C19H18O4. The molecule has 2 aromatic carbocycles. The molecule has 3 aromatic rings. The molecule has 3 rings (SSSR count). The normalized spacial score (nSPS) is 10.7. The number of fused-ring (bicyclic) bond motifs is 1. The summed E-state index contributed by atoms with van der Waals surface area (Å²) in [6, 6.07) is 14.7. The van der Waals surface area contributed by atoms with E-state index < -0.39 is 0 Å². The minimum atomic E-state index is -0.148. The van der Waals surface area contributed by atoms with Crippen LogP contribution in [0.15, 0.2) is 57.7 Å². The Bertz CT molecular complexity index is 866. The predicted molar refractivity (Wildman–Crippen MR) is 90.3 cm³/mol. The molecule has 118 valence electrons. The zero-order chi connectivity index (χ0) is 16.2. The molecule has 1 heterocycles. The van der Waals surface area contributed by atoms with Crippen LogP contribution in [0.2, 0.25) is 0 Å². The topological polar surface area (TPSA) is 48.7 Å². The van der Waals surface area contributed by atoms with E-state index >= 15 is 0 Å². The molecule has 0 radical (unpaired) electrons. The van der Waals surface area contributed by atoms with E-state index in [1.807, 2.05) is 44.2 Å². The van der Waals surface area contributed by atoms with Crippen molar-refractivity contribution in [1.29, 1.82) is 0 Å². The molecule has 0 saturated heterocycles. The van der Waals surface area contributed by atoms with E-state index in [9.17, 15) is 4.79 Å². The van der Waals surface area contributed by atoms with Crippen molar-refractivity contribution in [2.75, 3.05) is 13.2 Å². The van der Waals surface area contributed by atoms with Gasteiger partial charge in [0.1, 0.15) is 22.3 Å². The Balaban J connectivity index is 2.36. The highest BCUT2D eigenvalue weighted by atomic mass is 16.6. The lowest BCUT2D eigenvalue weighted by atomic mass is 10.0. The van der Waals surface area contributed by atoms with Gasteiger partial charge in [-0.05, 0) is 31.5 Å². The van der Waals surface area contributed by atoms with Crippen LogP contribution in [0.3, 0.4) is 0 Å². The average Bonchev–Trinajstić information content (AvgIpc) is 2.56. The molecular weight excluding hydrogens is 292 g/mol. The Morgan fingerprint density at radius 3 is 2.35 bits per heavy atom. The monoisotopic (exact) mass is 310 g/mol. The third-order valence-electron chi connectivity index (χ3n) is 3.49. The van der Waals surface area contributed by atoms with Crippen molar-refractivity contribution in [3.8, 4) is 22.8 Å². The molecule has 0 aliphatic rings. The molecule has 0 spiro atoms. The van der Waals surface area contributed by atoms with Crippen molar-refractivity contribution < 1.29 is 13.9 Å². The van der Waals surface area contributed by atoms with Crippen molar-refractivity contribution in [3.63, 3.8) is 0 Å². The van der Waals surface area contributed by atoms with E-state index in [1.165, 1.54) is 0 Å². The molecule has 4 nitrogen and oxygen atoms in total. The highest BCUT2D eigenvalue weighted by Gasteiger charge is 2.19. The third-order valence-corrected chi connectivity index (χ3v) is 3.49. The van der Waals surface area contributed by atoms with Crippen molar-refractivity contribution in [1.82, 2.24) is 0 Å². The van der Waals surface area contributed by atoms with Crippen LogP contribution in [0.5, 0.6) is 11.7 Å². The molecule has 0 amide bonds. The summed E-state index contributed by atoms with van der Waals surface area (Å²) in [7, 11) is 0. The van der Waals surface area contributed by atoms with E-state index in [1.54, 1.807) is 18.2 Å². The third kappa shape index (κ3) is 2.80. The maximum absolute atomic E-state index is 13.1. The van der Waals surface area contributed by atoms with E-state index in [4.69, 9.17) is 13.9 Å². The summed E-state index contributed by atoms with van der Waals surface area (Å²) >= 11 is 0. The quantitative estimate of drug-likeness (QED) is 0.706. The van der Waals surface area contributed by atoms with Gasteiger partial charge in [-0.25, -0.2) is 0 Å². The van der Waals surface area contributed by atoms with Crippen LogP contribution in [-0.4, -0.2) is 13.2 Å². The van der Waals surface area contributed by atoms with Crippen molar-refractivity contribution in [2.45, 2.75) is 13.8 Å². The van der Waals surface area contributed by atoms with Crippen molar-refractivity contribution in [2.24, 2.45) is 0 Å². The molecule has 0 atom stereocenters. The summed E-state index contributed by atoms with van der Waals surface area (Å²) in [5.41, 5.74) is 1.50. The van der Waals surface area contributed by atoms with Gasteiger partial charge in [-0.2, -0.15) is 0 Å². The molecule has 0 saturated carbocycles. The largest absolute Gasteiger partial charge is 0.493 e. The van der Waals surface area contributed by atoms with Crippen LogP contribution >= 0.6 is 0 Å². The van der Waals surface area contributed by atoms with Gasteiger partial charge in [0, 0.05) is 0 Å². The number of rotatable bonds is 5. The predicted octanol–water partition coefficient (Wildman–Crippen LogP) is 4.26. The van der Waals surface area contributed by atoms with Gasteiger partial charge < -0.3 is 13.9 Å². The molecule has 0 bridgehead atoms. The van der Waals surface area contributed by atoms with E-state index in [-0.39, 0.29) is 11.4 Å². The Hall–Kier alpha value is -2.75. The summed E-state index contributed by atoms with van der Waals surface area (Å²) in [6.07, 6.45) is 0. The second-order valence-corrected chi connectivity index (χ2v) is 4.95. The summed E-state index contributed by atoms with van der Waals surface area (Å²) < 4.78 is 17.0. The van der Waals surface area contributed by atoms with Crippen molar-refractivity contribution >= 4 is 11.0 Å². The van der Waals surface area contributed by atoms with Gasteiger partial charge in [0.2, 0.25) is 5.43 Å². The van der Waals surface area contributed by atoms with Crippen LogP contribution < -0.4 is 14.9 Å². The van der Waals surface area contributed by atoms with E-state index in [2.05, 4.69) is 0 Å². The first-order valence-corrected chi connectivity index (χ1v) is 7.67. The molecule has 0 aliphatic carbocycles. The lowest BCUT2D eigenvalue weighted by Crippen LogP contribution is -2.10. The zero-order valence-electron chi connectivity index (χ0n) is 13.2. The lowest BCUT2D eigenvalue weighted by molar-refractivity contribution is 0.262. The number of hydrogen-bond acceptors (Lipinski definition) is 4. The van der Waals surface area contributed by atoms with Crippen molar-refractivity contribution in [3.05, 3.63) is 58.8 Å². The second-order valence-electron chi connectivity index (χ2n) is 4.95. The maximum atomic E-state index is 13.1. The van der Waals surface area contributed by atoms with Gasteiger partial charge in [-0.1, -0.05) is 36.4 Å². The Morgan fingerprint density at radius 2 is 1.65 bits per heavy atom. The fourth-order valence-corrected chi connectivity index (χ4v) is 2.55. The summed E-state index contributed by atoms with van der Waals surface area (Å²) in [6.45, 7) is 4.63. The molecule has 0 aliphatic heterocycles. The summed E-state index contributed by atoms with van der Waals surface area (Å²) in [4.78, 5) is 13.1. The number of ether oxygens (including phenoxy) is 2. The smallest absolute Gasteiger partial charge is 0.297 e. The van der Waals surface area contributed by atoms with Crippen LogP contribution in [0.25, 0.3) is 22.1 Å². The van der Waals surface area contributed by atoms with Gasteiger partial charge in [0.15, 0.2) is 0 Å². The molecule has 0 unspecified atom stereocenters. The molecule has 0 fully saturated rings. The van der Waals surface area contributed by atoms with Gasteiger partial charge in [-0.3, -0.25) is 4.79 Å². The Labute approximate surface area is 134 Å². The highest BCUT2D eigenvalue weighted by Crippen LogP contribution is 2.33. The number of hydrogen-bond donors (Lipinski definition) is 0. The fraction of sp³-hybridized carbons (Fsp3) is 0.211. The molecule has 4 heteroatoms. The molecule has 0 N–H and O–H groups in total. The Morgan fingerprint density at radius 1 is 0.913 bits per heavy atom. The number of benzene rings is 2. The van der Waals surface area contributed by atoms with E-state index in [0.717, 1.165) is 5.56 Å². The van der Waals surface area contributed by atoms with Crippen LogP contribution in [0.1, 0.15) is 13.8 Å². The minimum absolute atomic E-state index is 0.148. The van der Waals surface area contributed by atoms with Gasteiger partial charge in [-0.15, -0.1) is 0 Å². The van der Waals surface area contributed by atoms with Gasteiger partial charge in [0.05, 0.1) is 13.2 Å². The summed E-state index contributed by atoms with van der Waals surface area (Å²) in [5.74, 6) is 0.767. The maximum Gasteiger partial charge on any atom is 0.297 e. The average molecular weight is 310 g/mol. The SMILES string of the molecule is CCOc1oc2cccc(OCC)c2c(=O)c1-c1ccccc1. The minimum Gasteiger partial charge on any atom is -0.493 e. The van der Waals surface area contributed by atoms with Crippen LogP contribution in [-0.2, 0) is 0 Å². The molecule has 1 aromatic heterocycles. The highest BCUT2D eigenvalue weighted by molar-refractivity contribution is 5.88. The first kappa shape index (κ1) is 15.2. The zero-order valence-corrected chi connectivity index (χ0v) is 13.2. The van der Waals surface area contributed by atoms with Crippen LogP contribution in [0, 0.1) is 0 Å². The lowest BCUT2D eigenvalue weighted by Gasteiger charge is -2.12. The first-order valence-electron chi connectivity index (χ1n) is 7.67. The fourth-order valence-electron chi connectivity index (χ4n) is 2.55. The second kappa shape index (κ2) is 6.57. The van der Waals surface area contributed by atoms with Crippen LogP contribution in [0.4, 0.5) is 0 Å².